The first kappa shape index (κ1) is 18.1. The summed E-state index contributed by atoms with van der Waals surface area (Å²) < 4.78 is 13.3. The summed E-state index contributed by atoms with van der Waals surface area (Å²) in [5.41, 5.74) is 3.10. The molecule has 0 radical (unpaired) electrons. The number of carbonyl (C=O) groups is 1. The molecule has 128 valence electrons. The molecule has 4 heteroatoms. The van der Waals surface area contributed by atoms with Crippen molar-refractivity contribution >= 4 is 11.6 Å². The van der Waals surface area contributed by atoms with E-state index in [-0.39, 0.29) is 17.8 Å². The maximum absolute atomic E-state index is 13.3. The van der Waals surface area contributed by atoms with E-state index in [1.807, 2.05) is 40.7 Å². The van der Waals surface area contributed by atoms with Gasteiger partial charge in [0.05, 0.1) is 17.3 Å². The average Bonchev–Trinajstić information content (AvgIpc) is 2.51. The molecule has 1 aliphatic rings. The molecule has 0 N–H and O–H groups in total. The highest BCUT2D eigenvalue weighted by Crippen LogP contribution is 2.23. The summed E-state index contributed by atoms with van der Waals surface area (Å²) in [5.74, 6) is -0.301. The van der Waals surface area contributed by atoms with Gasteiger partial charge in [0, 0.05) is 18.7 Å². The highest BCUT2D eigenvalue weighted by Gasteiger charge is 2.26. The molecule has 0 saturated carbocycles. The molecule has 0 saturated heterocycles. The molecule has 1 amide bonds. The first-order valence-corrected chi connectivity index (χ1v) is 8.11. The lowest BCUT2D eigenvalue weighted by Gasteiger charge is -2.34. The number of hydrogen-bond donors (Lipinski definition) is 0. The maximum Gasteiger partial charge on any atom is 0.247 e. The van der Waals surface area contributed by atoms with Crippen LogP contribution in [0, 0.1) is 5.82 Å². The molecule has 0 aliphatic carbocycles. The summed E-state index contributed by atoms with van der Waals surface area (Å²) in [7, 11) is 1.80. The molecule has 1 heterocycles. The summed E-state index contributed by atoms with van der Waals surface area (Å²) >= 11 is 0. The molecular formula is C20H25FN2O. The van der Waals surface area contributed by atoms with Crippen LogP contribution in [0.15, 0.2) is 52.6 Å². The zero-order valence-electron chi connectivity index (χ0n) is 15.2. The van der Waals surface area contributed by atoms with E-state index in [2.05, 4.69) is 0 Å². The van der Waals surface area contributed by atoms with Crippen LogP contribution in [0.2, 0.25) is 0 Å². The molecule has 1 aliphatic heterocycles. The Kier molecular flexibility index (Phi) is 5.07. The Hall–Kier alpha value is -2.23. The largest absolute Gasteiger partial charge is 0.334 e. The van der Waals surface area contributed by atoms with E-state index in [1.54, 1.807) is 30.2 Å². The van der Waals surface area contributed by atoms with Crippen molar-refractivity contribution in [2.75, 3.05) is 7.05 Å². The number of benzene rings is 1. The molecule has 24 heavy (non-hydrogen) atoms. The summed E-state index contributed by atoms with van der Waals surface area (Å²) in [5, 5.41) is 0. The molecule has 2 rings (SSSR count). The van der Waals surface area contributed by atoms with Gasteiger partial charge in [-0.05, 0) is 70.0 Å². The third kappa shape index (κ3) is 3.81. The Balaban J connectivity index is 2.65. The highest BCUT2D eigenvalue weighted by atomic mass is 19.1. The first-order chi connectivity index (χ1) is 11.1. The summed E-state index contributed by atoms with van der Waals surface area (Å²) in [6.07, 6.45) is 3.68. The summed E-state index contributed by atoms with van der Waals surface area (Å²) in [4.78, 5) is 19.0. The van der Waals surface area contributed by atoms with Gasteiger partial charge in [-0.3, -0.25) is 9.79 Å². The van der Waals surface area contributed by atoms with Gasteiger partial charge in [-0.1, -0.05) is 6.08 Å². The lowest BCUT2D eigenvalue weighted by molar-refractivity contribution is -0.128. The monoisotopic (exact) mass is 328 g/mol. The number of carbonyl (C=O) groups excluding carboxylic acids is 1. The highest BCUT2D eigenvalue weighted by molar-refractivity contribution is 6.12. The molecule has 3 nitrogen and oxygen atoms in total. The van der Waals surface area contributed by atoms with Crippen LogP contribution in [-0.4, -0.2) is 35.1 Å². The third-order valence-electron chi connectivity index (χ3n) is 4.59. The zero-order chi connectivity index (χ0) is 18.1. The van der Waals surface area contributed by atoms with Crippen molar-refractivity contribution in [3.8, 4) is 0 Å². The molecule has 1 aromatic carbocycles. The van der Waals surface area contributed by atoms with E-state index in [4.69, 9.17) is 4.99 Å². The molecule has 0 aromatic heterocycles. The van der Waals surface area contributed by atoms with Crippen LogP contribution < -0.4 is 0 Å². The van der Waals surface area contributed by atoms with Crippen LogP contribution in [0.5, 0.6) is 0 Å². The van der Waals surface area contributed by atoms with Gasteiger partial charge < -0.3 is 4.90 Å². The topological polar surface area (TPSA) is 32.7 Å². The van der Waals surface area contributed by atoms with E-state index < -0.39 is 5.54 Å². The van der Waals surface area contributed by atoms with Crippen molar-refractivity contribution in [1.82, 2.24) is 4.90 Å². The second kappa shape index (κ2) is 6.71. The van der Waals surface area contributed by atoms with E-state index >= 15 is 0 Å². The van der Waals surface area contributed by atoms with Gasteiger partial charge in [0.25, 0.3) is 0 Å². The molecule has 0 spiro atoms. The predicted molar refractivity (Wildman–Crippen MR) is 96.8 cm³/mol. The smallest absolute Gasteiger partial charge is 0.247 e. The van der Waals surface area contributed by atoms with Gasteiger partial charge >= 0.3 is 0 Å². The van der Waals surface area contributed by atoms with Gasteiger partial charge in [-0.25, -0.2) is 4.39 Å². The van der Waals surface area contributed by atoms with Gasteiger partial charge in [-0.2, -0.15) is 0 Å². The number of likely N-dealkylation sites (N-methyl/N-ethyl adjacent to an activating group) is 1. The van der Waals surface area contributed by atoms with Crippen molar-refractivity contribution < 1.29 is 9.18 Å². The van der Waals surface area contributed by atoms with Crippen molar-refractivity contribution in [1.29, 1.82) is 0 Å². The van der Waals surface area contributed by atoms with Crippen molar-refractivity contribution in [2.24, 2.45) is 4.99 Å². The number of rotatable bonds is 1. The van der Waals surface area contributed by atoms with Crippen LogP contribution in [0.25, 0.3) is 0 Å². The quantitative estimate of drug-likeness (QED) is 0.762. The lowest BCUT2D eigenvalue weighted by atomic mass is 9.93. The molecule has 1 aromatic rings. The molecule has 0 bridgehead atoms. The van der Waals surface area contributed by atoms with Crippen LogP contribution in [-0.2, 0) is 4.79 Å². The fraction of sp³-hybridized carbons (Fsp3) is 0.400. The SMILES string of the molecule is CC1=C\C(C)(C)N(C)C(=O)/C=C(\C)[C@H](C)/N=C\1c1ccc(F)cc1. The number of hydrogen-bond acceptors (Lipinski definition) is 2. The molecule has 0 unspecified atom stereocenters. The van der Waals surface area contributed by atoms with Crippen molar-refractivity contribution in [3.05, 3.63) is 58.9 Å². The van der Waals surface area contributed by atoms with Crippen LogP contribution in [0.1, 0.15) is 40.2 Å². The first-order valence-electron chi connectivity index (χ1n) is 8.11. The Labute approximate surface area is 143 Å². The predicted octanol–water partition coefficient (Wildman–Crippen LogP) is 4.15. The number of halogens is 1. The van der Waals surface area contributed by atoms with Gasteiger partial charge in [0.15, 0.2) is 0 Å². The Morgan fingerprint density at radius 1 is 1.17 bits per heavy atom. The fourth-order valence-electron chi connectivity index (χ4n) is 2.70. The average molecular weight is 328 g/mol. The van der Waals surface area contributed by atoms with Crippen LogP contribution >= 0.6 is 0 Å². The second-order valence-electron chi connectivity index (χ2n) is 6.93. The third-order valence-corrected chi connectivity index (χ3v) is 4.59. The number of nitrogens with zero attached hydrogens (tertiary/aromatic N) is 2. The minimum absolute atomic E-state index is 0.0335. The second-order valence-corrected chi connectivity index (χ2v) is 6.93. The molecule has 0 fully saturated rings. The van der Waals surface area contributed by atoms with Gasteiger partial charge in [0.1, 0.15) is 5.82 Å². The lowest BCUT2D eigenvalue weighted by Crippen LogP contribution is -2.43. The van der Waals surface area contributed by atoms with E-state index in [0.29, 0.717) is 0 Å². The standard InChI is InChI=1S/C20H25FN2O/c1-13-11-18(24)23(6)20(4,5)12-14(2)19(22-15(13)3)16-7-9-17(21)10-8-16/h7-12,15H,1-6H3/b13-11+,14-12+,22-19+/t15-/m0/s1. The molecular weight excluding hydrogens is 303 g/mol. The zero-order valence-corrected chi connectivity index (χ0v) is 15.2. The van der Waals surface area contributed by atoms with E-state index in [0.717, 1.165) is 22.4 Å². The van der Waals surface area contributed by atoms with Crippen molar-refractivity contribution in [3.63, 3.8) is 0 Å². The Morgan fingerprint density at radius 2 is 1.75 bits per heavy atom. The van der Waals surface area contributed by atoms with E-state index in [9.17, 15) is 9.18 Å². The van der Waals surface area contributed by atoms with Crippen LogP contribution in [0.4, 0.5) is 4.39 Å². The Bertz CT molecular complexity index is 727. The number of aliphatic imine (C=N–C) groups is 1. The van der Waals surface area contributed by atoms with E-state index in [1.165, 1.54) is 12.1 Å². The summed E-state index contributed by atoms with van der Waals surface area (Å²) in [6.45, 7) is 9.84. The fourth-order valence-corrected chi connectivity index (χ4v) is 2.70. The maximum atomic E-state index is 13.3. The Morgan fingerprint density at radius 3 is 2.33 bits per heavy atom. The molecule has 1 atom stereocenters. The van der Waals surface area contributed by atoms with Gasteiger partial charge in [0.2, 0.25) is 5.91 Å². The normalized spacial score (nSPS) is 28.3. The van der Waals surface area contributed by atoms with Crippen LogP contribution in [0.3, 0.4) is 0 Å². The number of allylic oxidation sites excluding steroid dienone is 1. The summed E-state index contributed by atoms with van der Waals surface area (Å²) in [6, 6.07) is 6.23. The minimum atomic E-state index is -0.459. The van der Waals surface area contributed by atoms with Crippen molar-refractivity contribution in [2.45, 2.75) is 46.2 Å². The minimum Gasteiger partial charge on any atom is -0.334 e. The number of amides is 1. The van der Waals surface area contributed by atoms with Gasteiger partial charge in [-0.15, -0.1) is 0 Å².